The number of carbonyl (C=O) groups is 1. The summed E-state index contributed by atoms with van der Waals surface area (Å²) in [4.78, 5) is 19.1. The predicted molar refractivity (Wildman–Crippen MR) is 118 cm³/mol. The number of rotatable bonds is 7. The molecule has 154 valence electrons. The van der Waals surface area contributed by atoms with Gasteiger partial charge in [-0.25, -0.2) is 4.98 Å². The number of carbonyl (C=O) groups excluding carboxylic acids is 1. The Bertz CT molecular complexity index is 1010. The zero-order chi connectivity index (χ0) is 21.1. The zero-order valence-electron chi connectivity index (χ0n) is 17.1. The highest BCUT2D eigenvalue weighted by atomic mass is 35.5. The number of imidazole rings is 1. The van der Waals surface area contributed by atoms with E-state index in [1.807, 2.05) is 55.6 Å². The predicted octanol–water partition coefficient (Wildman–Crippen LogP) is 5.79. The van der Waals surface area contributed by atoms with Crippen LogP contribution in [0.2, 0.25) is 10.0 Å². The van der Waals surface area contributed by atoms with Gasteiger partial charge in [0, 0.05) is 29.7 Å². The summed E-state index contributed by atoms with van der Waals surface area (Å²) >= 11 is 12.2. The van der Waals surface area contributed by atoms with E-state index in [4.69, 9.17) is 32.9 Å². The third kappa shape index (κ3) is 4.85. The summed E-state index contributed by atoms with van der Waals surface area (Å²) in [6.07, 6.45) is 3.09. The number of halogens is 2. The Hall–Kier alpha value is -2.24. The van der Waals surface area contributed by atoms with E-state index in [-0.39, 0.29) is 11.8 Å². The first-order valence-electron chi connectivity index (χ1n) is 9.64. The minimum Gasteiger partial charge on any atom is -0.485 e. The van der Waals surface area contributed by atoms with E-state index < -0.39 is 0 Å². The van der Waals surface area contributed by atoms with Crippen molar-refractivity contribution in [1.82, 2.24) is 9.38 Å². The average Bonchev–Trinajstić information content (AvgIpc) is 3.03. The number of hydrogen-bond acceptors (Lipinski definition) is 3. The molecule has 2 heterocycles. The number of ether oxygens (including phenoxy) is 1. The molecular formula is C22H25Cl2N3O2. The molecule has 29 heavy (non-hydrogen) atoms. The Morgan fingerprint density at radius 1 is 1.24 bits per heavy atom. The van der Waals surface area contributed by atoms with E-state index >= 15 is 0 Å². The fraction of sp³-hybridized carbons (Fsp3) is 0.364. The lowest BCUT2D eigenvalue weighted by Gasteiger charge is -2.19. The van der Waals surface area contributed by atoms with Crippen LogP contribution in [0.3, 0.4) is 0 Å². The van der Waals surface area contributed by atoms with Crippen LogP contribution in [0.5, 0.6) is 5.75 Å². The number of nitrogens with zero attached hydrogens (tertiary/aromatic N) is 3. The van der Waals surface area contributed by atoms with Gasteiger partial charge in [0.15, 0.2) is 11.4 Å². The van der Waals surface area contributed by atoms with Crippen LogP contribution < -0.4 is 9.64 Å². The fourth-order valence-corrected chi connectivity index (χ4v) is 3.81. The Morgan fingerprint density at radius 2 is 1.93 bits per heavy atom. The monoisotopic (exact) mass is 433 g/mol. The van der Waals surface area contributed by atoms with E-state index in [2.05, 4.69) is 0 Å². The van der Waals surface area contributed by atoms with Gasteiger partial charge in [0.05, 0.1) is 5.69 Å². The number of aryl methyl sites for hydroxylation is 1. The summed E-state index contributed by atoms with van der Waals surface area (Å²) in [6.45, 7) is 6.41. The fourth-order valence-electron chi connectivity index (χ4n) is 3.24. The summed E-state index contributed by atoms with van der Waals surface area (Å²) < 4.78 is 7.94. The Balaban J connectivity index is 1.94. The Morgan fingerprint density at radius 3 is 2.55 bits per heavy atom. The third-order valence-electron chi connectivity index (χ3n) is 4.58. The first-order chi connectivity index (χ1) is 13.8. The van der Waals surface area contributed by atoms with Crippen LogP contribution in [0, 0.1) is 5.92 Å². The molecule has 0 saturated heterocycles. The van der Waals surface area contributed by atoms with Gasteiger partial charge in [0.25, 0.3) is 0 Å². The number of fused-ring (bicyclic) bond motifs is 1. The molecule has 0 aliphatic rings. The molecule has 0 aliphatic heterocycles. The van der Waals surface area contributed by atoms with Crippen molar-refractivity contribution in [3.63, 3.8) is 0 Å². The van der Waals surface area contributed by atoms with Crippen molar-refractivity contribution in [3.05, 3.63) is 57.8 Å². The van der Waals surface area contributed by atoms with Gasteiger partial charge in [-0.1, -0.05) is 44.0 Å². The normalized spacial score (nSPS) is 11.3. The quantitative estimate of drug-likeness (QED) is 0.473. The van der Waals surface area contributed by atoms with Gasteiger partial charge in [-0.3, -0.25) is 14.1 Å². The molecule has 0 N–H and O–H groups in total. The van der Waals surface area contributed by atoms with Crippen LogP contribution in [0.4, 0.5) is 5.82 Å². The maximum absolute atomic E-state index is 12.7. The second kappa shape index (κ2) is 9.06. The first-order valence-corrected chi connectivity index (χ1v) is 10.4. The molecule has 3 rings (SSSR count). The number of amides is 1. The molecule has 0 fully saturated rings. The molecule has 0 spiro atoms. The van der Waals surface area contributed by atoms with Crippen molar-refractivity contribution in [3.8, 4) is 5.75 Å². The summed E-state index contributed by atoms with van der Waals surface area (Å²) in [5, 5.41) is 1.13. The zero-order valence-corrected chi connectivity index (χ0v) is 18.6. The average molecular weight is 434 g/mol. The summed E-state index contributed by atoms with van der Waals surface area (Å²) in [6, 6.07) is 9.08. The van der Waals surface area contributed by atoms with E-state index in [0.29, 0.717) is 40.9 Å². The van der Waals surface area contributed by atoms with Crippen LogP contribution >= 0.6 is 23.2 Å². The molecule has 1 aromatic carbocycles. The molecule has 3 aromatic rings. The maximum Gasteiger partial charge on any atom is 0.228 e. The highest BCUT2D eigenvalue weighted by Crippen LogP contribution is 2.29. The van der Waals surface area contributed by atoms with Crippen LogP contribution in [-0.4, -0.2) is 22.3 Å². The molecule has 0 bridgehead atoms. The summed E-state index contributed by atoms with van der Waals surface area (Å²) in [7, 11) is 1.80. The third-order valence-corrected chi connectivity index (χ3v) is 5.02. The standard InChI is InChI=1S/C22H25Cl2N3O2/c1-5-18-22(26(4)20(28)9-14(2)3)27-8-6-7-19(21(27)25-18)29-13-15-10-16(23)12-17(24)11-15/h6-8,10-12,14H,5,9,13H2,1-4H3. The molecule has 7 heteroatoms. The molecule has 0 radical (unpaired) electrons. The molecule has 2 aromatic heterocycles. The van der Waals surface area contributed by atoms with Gasteiger partial charge >= 0.3 is 0 Å². The van der Waals surface area contributed by atoms with Gasteiger partial charge in [-0.2, -0.15) is 0 Å². The van der Waals surface area contributed by atoms with Gasteiger partial charge in [-0.05, 0) is 48.2 Å². The second-order valence-electron chi connectivity index (χ2n) is 7.42. The smallest absolute Gasteiger partial charge is 0.228 e. The lowest BCUT2D eigenvalue weighted by Crippen LogP contribution is -2.29. The second-order valence-corrected chi connectivity index (χ2v) is 8.29. The van der Waals surface area contributed by atoms with Crippen LogP contribution in [-0.2, 0) is 17.8 Å². The van der Waals surface area contributed by atoms with Gasteiger partial charge in [0.2, 0.25) is 5.91 Å². The highest BCUT2D eigenvalue weighted by molar-refractivity contribution is 6.34. The molecule has 0 saturated carbocycles. The molecule has 0 aliphatic carbocycles. The van der Waals surface area contributed by atoms with Crippen LogP contribution in [0.15, 0.2) is 36.5 Å². The van der Waals surface area contributed by atoms with Crippen molar-refractivity contribution >= 4 is 40.6 Å². The molecular weight excluding hydrogens is 409 g/mol. The van der Waals surface area contributed by atoms with Crippen molar-refractivity contribution in [2.24, 2.45) is 5.92 Å². The Kier molecular flexibility index (Phi) is 6.70. The number of hydrogen-bond donors (Lipinski definition) is 0. The van der Waals surface area contributed by atoms with Crippen LogP contribution in [0.25, 0.3) is 5.65 Å². The van der Waals surface area contributed by atoms with E-state index in [1.165, 1.54) is 0 Å². The first kappa shape index (κ1) is 21.5. The van der Waals surface area contributed by atoms with Crippen molar-refractivity contribution in [1.29, 1.82) is 0 Å². The summed E-state index contributed by atoms with van der Waals surface area (Å²) in [5.41, 5.74) is 2.40. The lowest BCUT2D eigenvalue weighted by molar-refractivity contribution is -0.119. The minimum absolute atomic E-state index is 0.0661. The number of benzene rings is 1. The highest BCUT2D eigenvalue weighted by Gasteiger charge is 2.22. The molecule has 1 amide bonds. The van der Waals surface area contributed by atoms with Gasteiger partial charge < -0.3 is 4.74 Å². The lowest BCUT2D eigenvalue weighted by atomic mass is 10.1. The minimum atomic E-state index is 0.0661. The SMILES string of the molecule is CCc1nc2c(OCc3cc(Cl)cc(Cl)c3)cccn2c1N(C)C(=O)CC(C)C. The van der Waals surface area contributed by atoms with Crippen molar-refractivity contribution < 1.29 is 9.53 Å². The number of aromatic nitrogens is 2. The number of anilines is 1. The van der Waals surface area contributed by atoms with Gasteiger partial charge in [-0.15, -0.1) is 0 Å². The number of pyridine rings is 1. The van der Waals surface area contributed by atoms with E-state index in [0.717, 1.165) is 17.1 Å². The van der Waals surface area contributed by atoms with Gasteiger partial charge in [0.1, 0.15) is 12.4 Å². The van der Waals surface area contributed by atoms with Crippen molar-refractivity contribution in [2.75, 3.05) is 11.9 Å². The van der Waals surface area contributed by atoms with Crippen LogP contribution in [0.1, 0.15) is 38.4 Å². The summed E-state index contributed by atoms with van der Waals surface area (Å²) in [5.74, 6) is 1.77. The maximum atomic E-state index is 12.7. The Labute approximate surface area is 181 Å². The van der Waals surface area contributed by atoms with E-state index in [1.54, 1.807) is 18.0 Å². The largest absolute Gasteiger partial charge is 0.485 e. The van der Waals surface area contributed by atoms with E-state index in [9.17, 15) is 4.79 Å². The topological polar surface area (TPSA) is 46.8 Å². The molecule has 0 unspecified atom stereocenters. The molecule has 5 nitrogen and oxygen atoms in total. The molecule has 0 atom stereocenters. The van der Waals surface area contributed by atoms with Crippen molar-refractivity contribution in [2.45, 2.75) is 40.2 Å².